The van der Waals surface area contributed by atoms with Crippen LogP contribution in [0.4, 0.5) is 0 Å². The maximum Gasteiger partial charge on any atom is 0.120 e. The van der Waals surface area contributed by atoms with Gasteiger partial charge in [0.25, 0.3) is 0 Å². The Labute approximate surface area is 416 Å². The van der Waals surface area contributed by atoms with Gasteiger partial charge in [0.05, 0.1) is 45.6 Å². The van der Waals surface area contributed by atoms with Gasteiger partial charge in [0, 0.05) is 44.5 Å². The molecular weight excluding hydrogens is 881 g/mol. The molecule has 0 atom stereocenters. The molecule has 72 heavy (non-hydrogen) atoms. The Morgan fingerprint density at radius 3 is 0.306 bits per heavy atom. The van der Waals surface area contributed by atoms with Gasteiger partial charge in [-0.15, -0.1) is 0 Å². The average molecular weight is 921 g/mol. The quantitative estimate of drug-likeness (QED) is 0.148. The first-order valence-corrected chi connectivity index (χ1v) is 23.9. The van der Waals surface area contributed by atoms with Gasteiger partial charge in [-0.2, -0.15) is 0 Å². The van der Waals surface area contributed by atoms with Gasteiger partial charge in [0.1, 0.15) is 45.6 Å². The minimum absolute atomic E-state index is 0.482. The van der Waals surface area contributed by atoms with Crippen molar-refractivity contribution in [3.63, 3.8) is 0 Å². The average Bonchev–Trinajstić information content (AvgIpc) is 3.47. The first-order valence-electron chi connectivity index (χ1n) is 23.9. The fraction of sp³-hybridized carbons (Fsp3) is 0. The second kappa shape index (κ2) is 18.2. The molecule has 0 N–H and O–H groups in total. The van der Waals surface area contributed by atoms with E-state index in [1.807, 2.05) is 146 Å². The molecule has 1 aliphatic rings. The van der Waals surface area contributed by atoms with Crippen molar-refractivity contribution in [3.05, 3.63) is 243 Å². The van der Waals surface area contributed by atoms with Gasteiger partial charge in [-0.1, -0.05) is 243 Å². The van der Waals surface area contributed by atoms with Crippen molar-refractivity contribution in [2.45, 2.75) is 0 Å². The highest BCUT2D eigenvalue weighted by Crippen LogP contribution is 2.49. The zero-order valence-electron chi connectivity index (χ0n) is 38.7. The molecular formula is C64H40N8. The third kappa shape index (κ3) is 7.60. The van der Waals surface area contributed by atoms with E-state index in [1.165, 1.54) is 0 Å². The lowest BCUT2D eigenvalue weighted by Crippen LogP contribution is -2.13. The van der Waals surface area contributed by atoms with Crippen LogP contribution in [0.15, 0.2) is 243 Å². The smallest absolute Gasteiger partial charge is 0.120 e. The van der Waals surface area contributed by atoms with Gasteiger partial charge >= 0.3 is 0 Å². The van der Waals surface area contributed by atoms with Crippen LogP contribution in [-0.4, -0.2) is 39.9 Å². The van der Waals surface area contributed by atoms with E-state index in [4.69, 9.17) is 39.9 Å². The minimum atomic E-state index is 0.482. The molecule has 12 aromatic rings. The molecule has 0 fully saturated rings. The molecule has 8 nitrogen and oxygen atoms in total. The number of hydrogen-bond donors (Lipinski definition) is 0. The van der Waals surface area contributed by atoms with Crippen LogP contribution in [0.3, 0.4) is 0 Å². The molecule has 1 aliphatic carbocycles. The van der Waals surface area contributed by atoms with Gasteiger partial charge in [0.15, 0.2) is 0 Å². The van der Waals surface area contributed by atoms with Crippen molar-refractivity contribution >= 4 is 0 Å². The normalized spacial score (nSPS) is 11.3. The number of hydrogen-bond acceptors (Lipinski definition) is 8. The summed E-state index contributed by atoms with van der Waals surface area (Å²) in [4.78, 5) is 46.1. The zero-order valence-corrected chi connectivity index (χ0v) is 38.7. The fourth-order valence-corrected chi connectivity index (χ4v) is 9.44. The predicted molar refractivity (Wildman–Crippen MR) is 288 cm³/mol. The van der Waals surface area contributed by atoms with E-state index in [0.29, 0.717) is 91.1 Å². The molecule has 336 valence electrons. The summed E-state index contributed by atoms with van der Waals surface area (Å²) in [5, 5.41) is 0. The Balaban J connectivity index is 1.26. The lowest BCUT2D eigenvalue weighted by molar-refractivity contribution is 1.09. The second-order valence-corrected chi connectivity index (χ2v) is 17.4. The van der Waals surface area contributed by atoms with Crippen LogP contribution < -0.4 is 0 Å². The summed E-state index contributed by atoms with van der Waals surface area (Å²) in [5.41, 5.74) is 16.4. The summed E-state index contributed by atoms with van der Waals surface area (Å²) in [6, 6.07) is 81.5. The monoisotopic (exact) mass is 920 g/mol. The van der Waals surface area contributed by atoms with Crippen LogP contribution in [-0.2, 0) is 0 Å². The summed E-state index contributed by atoms with van der Waals surface area (Å²) < 4.78 is 0. The summed E-state index contributed by atoms with van der Waals surface area (Å²) >= 11 is 0. The Hall–Kier alpha value is -9.92. The summed E-state index contributed by atoms with van der Waals surface area (Å²) in [6.45, 7) is 0. The van der Waals surface area contributed by atoms with E-state index in [-0.39, 0.29) is 0 Å². The number of nitrogens with zero attached hydrogens (tertiary/aromatic N) is 8. The first-order chi connectivity index (χ1) is 35.7. The highest BCUT2D eigenvalue weighted by atomic mass is 15.0. The number of rotatable bonds is 8. The molecule has 4 aromatic heterocycles. The van der Waals surface area contributed by atoms with E-state index in [2.05, 4.69) is 97.1 Å². The lowest BCUT2D eigenvalue weighted by atomic mass is 9.94. The van der Waals surface area contributed by atoms with Gasteiger partial charge in [0.2, 0.25) is 0 Å². The highest BCUT2D eigenvalue weighted by Gasteiger charge is 2.35. The molecule has 8 aromatic carbocycles. The summed E-state index contributed by atoms with van der Waals surface area (Å²) in [5.74, 6) is 0. The largest absolute Gasteiger partial charge is 0.241 e. The van der Waals surface area contributed by atoms with Gasteiger partial charge in [-0.05, 0) is 0 Å². The van der Waals surface area contributed by atoms with Crippen molar-refractivity contribution in [3.8, 4) is 136 Å². The Kier molecular flexibility index (Phi) is 10.7. The molecule has 0 spiro atoms. The van der Waals surface area contributed by atoms with Crippen LogP contribution in [0, 0.1) is 0 Å². The Morgan fingerprint density at radius 2 is 0.208 bits per heavy atom. The highest BCUT2D eigenvalue weighted by molar-refractivity contribution is 6.00. The third-order valence-corrected chi connectivity index (χ3v) is 12.9. The maximum absolute atomic E-state index is 5.76. The summed E-state index contributed by atoms with van der Waals surface area (Å²) in [6.07, 6.45) is 0. The molecule has 0 bridgehead atoms. The predicted octanol–water partition coefficient (Wildman–Crippen LogP) is 15.2. The molecule has 0 aliphatic heterocycles. The zero-order chi connectivity index (χ0) is 47.8. The molecule has 4 heterocycles. The third-order valence-electron chi connectivity index (χ3n) is 12.9. The minimum Gasteiger partial charge on any atom is -0.241 e. The van der Waals surface area contributed by atoms with Crippen LogP contribution >= 0.6 is 0 Å². The van der Waals surface area contributed by atoms with Crippen LogP contribution in [0.2, 0.25) is 0 Å². The van der Waals surface area contributed by atoms with Crippen molar-refractivity contribution < 1.29 is 0 Å². The molecule has 8 heteroatoms. The van der Waals surface area contributed by atoms with Gasteiger partial charge in [-0.25, -0.2) is 39.9 Å². The number of fused-ring (bicyclic) bond motifs is 8. The summed E-state index contributed by atoms with van der Waals surface area (Å²) in [7, 11) is 0. The molecule has 0 saturated heterocycles. The Morgan fingerprint density at radius 1 is 0.111 bits per heavy atom. The van der Waals surface area contributed by atoms with Crippen molar-refractivity contribution in [2.24, 2.45) is 0 Å². The van der Waals surface area contributed by atoms with Crippen LogP contribution in [0.1, 0.15) is 0 Å². The molecule has 0 unspecified atom stereocenters. The maximum atomic E-state index is 5.76. The number of aromatic nitrogens is 8. The van der Waals surface area contributed by atoms with E-state index < -0.39 is 0 Å². The first kappa shape index (κ1) is 42.2. The molecule has 0 amide bonds. The van der Waals surface area contributed by atoms with Gasteiger partial charge < -0.3 is 0 Å². The Bertz CT molecular complexity index is 3110. The number of benzene rings is 8. The molecule has 13 rings (SSSR count). The van der Waals surface area contributed by atoms with E-state index >= 15 is 0 Å². The van der Waals surface area contributed by atoms with Crippen LogP contribution in [0.25, 0.3) is 136 Å². The molecule has 0 radical (unpaired) electrons. The van der Waals surface area contributed by atoms with Crippen LogP contribution in [0.5, 0.6) is 0 Å². The van der Waals surface area contributed by atoms with Crippen molar-refractivity contribution in [2.75, 3.05) is 0 Å². The van der Waals surface area contributed by atoms with Crippen molar-refractivity contribution in [1.82, 2.24) is 39.9 Å². The lowest BCUT2D eigenvalue weighted by Gasteiger charge is -2.24. The molecule has 0 saturated carbocycles. The van der Waals surface area contributed by atoms with E-state index in [9.17, 15) is 0 Å². The fourth-order valence-electron chi connectivity index (χ4n) is 9.44. The second-order valence-electron chi connectivity index (χ2n) is 17.4. The van der Waals surface area contributed by atoms with Gasteiger partial charge in [-0.3, -0.25) is 0 Å². The van der Waals surface area contributed by atoms with Crippen molar-refractivity contribution in [1.29, 1.82) is 0 Å². The topological polar surface area (TPSA) is 103 Å². The van der Waals surface area contributed by atoms with E-state index in [0.717, 1.165) is 44.5 Å². The van der Waals surface area contributed by atoms with E-state index in [1.54, 1.807) is 0 Å². The standard InChI is InChI=1S/C64H40N8/c1-9-25-41(26-10-1)49-50(42-27-11-2-12-28-42)66-58-57(65-49)59-61(69-52(44-31-15-4-16-32-44)51(67-59)43-29-13-3-14-30-43)63-64(72-56(48-39-23-8-24-40-48)55(71-63)47-37-21-7-22-38-47)62-60(58)68-53(45-33-17-5-18-34-45)54(70-62)46-35-19-6-20-36-46/h1-40H. The SMILES string of the molecule is c1ccc(-c2nc3c(nc2-c2ccccc2)-c2nc(-c4ccccc4)c(-c4ccccc4)nc2-c2nc(-c4ccccc4)c(-c4ccccc4)nc2-c2nc(-c4ccccc4)c(-c4ccccc4)nc2-3)cc1.